The Morgan fingerprint density at radius 2 is 2.04 bits per heavy atom. The van der Waals surface area contributed by atoms with Crippen molar-refractivity contribution in [2.45, 2.75) is 6.54 Å². The van der Waals surface area contributed by atoms with Gasteiger partial charge in [0.25, 0.3) is 0 Å². The summed E-state index contributed by atoms with van der Waals surface area (Å²) in [4.78, 5) is 20.8. The lowest BCUT2D eigenvalue weighted by atomic mass is 10.3. The highest BCUT2D eigenvalue weighted by molar-refractivity contribution is 5.75. The fourth-order valence-electron chi connectivity index (χ4n) is 2.92. The highest BCUT2D eigenvalue weighted by atomic mass is 16.2. The number of amides is 2. The largest absolute Gasteiger partial charge is 0.335 e. The van der Waals surface area contributed by atoms with Gasteiger partial charge in [0.2, 0.25) is 0 Å². The van der Waals surface area contributed by atoms with Crippen LogP contribution in [-0.2, 0) is 13.6 Å². The monoisotopic (exact) mass is 313 g/mol. The number of urea groups is 1. The van der Waals surface area contributed by atoms with Crippen LogP contribution >= 0.6 is 0 Å². The minimum Gasteiger partial charge on any atom is -0.335 e. The number of aryl methyl sites for hydroxylation is 1. The van der Waals surface area contributed by atoms with Crippen molar-refractivity contribution < 1.29 is 4.79 Å². The Morgan fingerprint density at radius 3 is 2.74 bits per heavy atom. The van der Waals surface area contributed by atoms with Gasteiger partial charge in [0.1, 0.15) is 5.82 Å². The third-order valence-corrected chi connectivity index (χ3v) is 4.30. The fourth-order valence-corrected chi connectivity index (χ4v) is 2.92. The van der Waals surface area contributed by atoms with Crippen molar-refractivity contribution in [3.8, 4) is 0 Å². The molecular formula is C17H23N5O. The molecule has 1 aliphatic rings. The Hall–Kier alpha value is -2.34. The molecule has 1 N–H and O–H groups in total. The van der Waals surface area contributed by atoms with Gasteiger partial charge >= 0.3 is 6.03 Å². The number of nitrogens with one attached hydrogen (secondary N) is 1. The number of carbonyl (C=O) groups is 1. The minimum atomic E-state index is -0.00715. The van der Waals surface area contributed by atoms with E-state index in [4.69, 9.17) is 4.98 Å². The van der Waals surface area contributed by atoms with E-state index in [1.165, 1.54) is 0 Å². The van der Waals surface area contributed by atoms with Gasteiger partial charge in [-0.3, -0.25) is 4.90 Å². The molecule has 6 heteroatoms. The molecule has 122 valence electrons. The molecule has 0 unspecified atom stereocenters. The van der Waals surface area contributed by atoms with Crippen molar-refractivity contribution in [3.05, 3.63) is 42.7 Å². The topological polar surface area (TPSA) is 53.4 Å². The van der Waals surface area contributed by atoms with Crippen LogP contribution in [0.5, 0.6) is 0 Å². The first kappa shape index (κ1) is 15.6. The van der Waals surface area contributed by atoms with Crippen LogP contribution in [0.2, 0.25) is 0 Å². The second-order valence-corrected chi connectivity index (χ2v) is 5.81. The van der Waals surface area contributed by atoms with Crippen LogP contribution in [0.15, 0.2) is 36.9 Å². The number of benzene rings is 1. The number of aromatic nitrogens is 2. The summed E-state index contributed by atoms with van der Waals surface area (Å²) in [5, 5.41) is 2.83. The molecule has 1 aromatic carbocycles. The van der Waals surface area contributed by atoms with E-state index in [0.29, 0.717) is 6.54 Å². The normalized spacial score (nSPS) is 15.8. The number of hydrogen-bond acceptors (Lipinski definition) is 3. The number of para-hydroxylation sites is 2. The first-order valence-corrected chi connectivity index (χ1v) is 7.95. The standard InChI is InChI=1S/C17H23N5O/c1-3-8-18-17(23)22-11-9-21(10-12-22)13-16-19-14-6-4-5-7-15(14)20(16)2/h3-7H,1,8-13H2,2H3,(H,18,23). The number of hydrogen-bond donors (Lipinski definition) is 1. The van der Waals surface area contributed by atoms with E-state index >= 15 is 0 Å². The lowest BCUT2D eigenvalue weighted by molar-refractivity contribution is 0.133. The Balaban J connectivity index is 1.59. The van der Waals surface area contributed by atoms with Crippen molar-refractivity contribution in [2.24, 2.45) is 7.05 Å². The summed E-state index contributed by atoms with van der Waals surface area (Å²) in [6.07, 6.45) is 1.69. The smallest absolute Gasteiger partial charge is 0.317 e. The molecule has 1 aliphatic heterocycles. The number of piperazine rings is 1. The number of carbonyl (C=O) groups excluding carboxylic acids is 1. The molecule has 6 nitrogen and oxygen atoms in total. The van der Waals surface area contributed by atoms with E-state index in [0.717, 1.165) is 49.6 Å². The summed E-state index contributed by atoms with van der Waals surface area (Å²) < 4.78 is 2.15. The molecule has 1 fully saturated rings. The average Bonchev–Trinajstić information content (AvgIpc) is 2.90. The molecule has 0 bridgehead atoms. The zero-order valence-electron chi connectivity index (χ0n) is 13.5. The van der Waals surface area contributed by atoms with Gasteiger partial charge in [-0.15, -0.1) is 6.58 Å². The Labute approximate surface area is 136 Å². The van der Waals surface area contributed by atoms with Gasteiger partial charge in [0.05, 0.1) is 17.6 Å². The van der Waals surface area contributed by atoms with Crippen LogP contribution in [0.4, 0.5) is 4.79 Å². The summed E-state index contributed by atoms with van der Waals surface area (Å²) in [5.74, 6) is 1.07. The summed E-state index contributed by atoms with van der Waals surface area (Å²) >= 11 is 0. The van der Waals surface area contributed by atoms with Gasteiger partial charge in [-0.2, -0.15) is 0 Å². The maximum absolute atomic E-state index is 11.9. The summed E-state index contributed by atoms with van der Waals surface area (Å²) in [6.45, 7) is 8.16. The predicted molar refractivity (Wildman–Crippen MR) is 91.2 cm³/mol. The van der Waals surface area contributed by atoms with Crippen LogP contribution in [0.3, 0.4) is 0 Å². The van der Waals surface area contributed by atoms with E-state index in [1.54, 1.807) is 6.08 Å². The molecule has 0 atom stereocenters. The number of rotatable bonds is 4. The molecule has 23 heavy (non-hydrogen) atoms. The first-order valence-electron chi connectivity index (χ1n) is 7.95. The van der Waals surface area contributed by atoms with Crippen LogP contribution in [0, 0.1) is 0 Å². The van der Waals surface area contributed by atoms with Gasteiger partial charge in [0, 0.05) is 39.8 Å². The third kappa shape index (κ3) is 3.37. The lowest BCUT2D eigenvalue weighted by Gasteiger charge is -2.34. The van der Waals surface area contributed by atoms with Gasteiger partial charge in [-0.05, 0) is 12.1 Å². The van der Waals surface area contributed by atoms with Gasteiger partial charge < -0.3 is 14.8 Å². The quantitative estimate of drug-likeness (QED) is 0.872. The minimum absolute atomic E-state index is 0.00715. The Morgan fingerprint density at radius 1 is 1.30 bits per heavy atom. The Bertz CT molecular complexity index is 700. The summed E-state index contributed by atoms with van der Waals surface area (Å²) in [6, 6.07) is 8.18. The maximum Gasteiger partial charge on any atom is 0.317 e. The van der Waals surface area contributed by atoms with E-state index in [-0.39, 0.29) is 6.03 Å². The SMILES string of the molecule is C=CCNC(=O)N1CCN(Cc2nc3ccccc3n2C)CC1. The van der Waals surface area contributed by atoms with E-state index < -0.39 is 0 Å². The molecule has 1 saturated heterocycles. The summed E-state index contributed by atoms with van der Waals surface area (Å²) in [5.41, 5.74) is 2.19. The molecule has 1 aromatic heterocycles. The molecule has 2 heterocycles. The zero-order valence-corrected chi connectivity index (χ0v) is 13.5. The van der Waals surface area contributed by atoms with E-state index in [1.807, 2.05) is 23.1 Å². The Kier molecular flexibility index (Phi) is 4.62. The lowest BCUT2D eigenvalue weighted by Crippen LogP contribution is -2.51. The maximum atomic E-state index is 11.9. The van der Waals surface area contributed by atoms with Crippen molar-refractivity contribution in [2.75, 3.05) is 32.7 Å². The van der Waals surface area contributed by atoms with Crippen molar-refractivity contribution in [1.29, 1.82) is 0 Å². The third-order valence-electron chi connectivity index (χ3n) is 4.30. The highest BCUT2D eigenvalue weighted by Crippen LogP contribution is 2.16. The van der Waals surface area contributed by atoms with Gasteiger partial charge in [0.15, 0.2) is 0 Å². The predicted octanol–water partition coefficient (Wildman–Crippen LogP) is 1.59. The molecule has 3 rings (SSSR count). The van der Waals surface area contributed by atoms with Crippen molar-refractivity contribution in [3.63, 3.8) is 0 Å². The second-order valence-electron chi connectivity index (χ2n) is 5.81. The molecule has 2 aromatic rings. The number of fused-ring (bicyclic) bond motifs is 1. The van der Waals surface area contributed by atoms with Crippen molar-refractivity contribution in [1.82, 2.24) is 24.7 Å². The van der Waals surface area contributed by atoms with E-state index in [2.05, 4.69) is 34.5 Å². The first-order chi connectivity index (χ1) is 11.2. The van der Waals surface area contributed by atoms with Crippen molar-refractivity contribution >= 4 is 17.1 Å². The fraction of sp³-hybridized carbons (Fsp3) is 0.412. The van der Waals surface area contributed by atoms with Gasteiger partial charge in [-0.1, -0.05) is 18.2 Å². The van der Waals surface area contributed by atoms with Gasteiger partial charge in [-0.25, -0.2) is 9.78 Å². The molecule has 0 radical (unpaired) electrons. The van der Waals surface area contributed by atoms with E-state index in [9.17, 15) is 4.79 Å². The van der Waals surface area contributed by atoms with Crippen LogP contribution in [0.25, 0.3) is 11.0 Å². The highest BCUT2D eigenvalue weighted by Gasteiger charge is 2.21. The molecule has 0 spiro atoms. The average molecular weight is 313 g/mol. The second kappa shape index (κ2) is 6.83. The van der Waals surface area contributed by atoms with Crippen LogP contribution in [-0.4, -0.2) is 58.1 Å². The zero-order chi connectivity index (χ0) is 16.2. The number of nitrogens with zero attached hydrogens (tertiary/aromatic N) is 4. The number of imidazole rings is 1. The van der Waals surface area contributed by atoms with Crippen LogP contribution < -0.4 is 5.32 Å². The molecular weight excluding hydrogens is 290 g/mol. The summed E-state index contributed by atoms with van der Waals surface area (Å²) in [7, 11) is 2.06. The molecule has 0 saturated carbocycles. The molecule has 2 amide bonds. The molecule has 0 aliphatic carbocycles. The van der Waals surface area contributed by atoms with Crippen LogP contribution in [0.1, 0.15) is 5.82 Å².